The molecule has 0 bridgehead atoms. The molecule has 0 radical (unpaired) electrons. The van der Waals surface area contributed by atoms with E-state index in [4.69, 9.17) is 9.97 Å². The SMILES string of the molecule is c1ccc(-n2c3ccccc3c3cc(-c4nc(-c5ccc6c(c5)c5c7ccccc7n7c8ccccc8n8c9ccccc9c6c8c57)nc5ccccc45)ccc32)cc1. The van der Waals surface area contributed by atoms with Crippen LogP contribution >= 0.6 is 0 Å². The fourth-order valence-electron chi connectivity index (χ4n) is 10.3. The maximum absolute atomic E-state index is 5.48. The lowest BCUT2D eigenvalue weighted by Crippen LogP contribution is -1.97. The van der Waals surface area contributed by atoms with Crippen LogP contribution in [0.1, 0.15) is 0 Å². The number of benzene rings is 9. The predicted octanol–water partition coefficient (Wildman–Crippen LogP) is 13.8. The lowest BCUT2D eigenvalue weighted by atomic mass is 9.96. The number of para-hydroxylation sites is 7. The van der Waals surface area contributed by atoms with Crippen molar-refractivity contribution in [3.8, 4) is 28.3 Å². The van der Waals surface area contributed by atoms with Gasteiger partial charge in [0.2, 0.25) is 0 Å². The molecule has 5 aromatic heterocycles. The molecule has 0 aliphatic carbocycles. The molecule has 14 rings (SSSR count). The molecule has 0 N–H and O–H groups in total. The molecule has 5 nitrogen and oxygen atoms in total. The second kappa shape index (κ2) is 11.3. The smallest absolute Gasteiger partial charge is 0.160 e. The largest absolute Gasteiger partial charge is 0.309 e. The molecule has 5 heteroatoms. The maximum atomic E-state index is 5.48. The zero-order chi connectivity index (χ0) is 38.3. The Labute approximate surface area is 336 Å². The van der Waals surface area contributed by atoms with Crippen LogP contribution in [0, 0.1) is 0 Å². The topological polar surface area (TPSA) is 39.5 Å². The Morgan fingerprint density at radius 1 is 0.322 bits per heavy atom. The van der Waals surface area contributed by atoms with Crippen molar-refractivity contribution in [2.75, 3.05) is 0 Å². The van der Waals surface area contributed by atoms with Crippen molar-refractivity contribution in [3.05, 3.63) is 188 Å². The molecule has 0 saturated carbocycles. The minimum atomic E-state index is 0.712. The van der Waals surface area contributed by atoms with Gasteiger partial charge in [0.25, 0.3) is 0 Å². The summed E-state index contributed by atoms with van der Waals surface area (Å²) < 4.78 is 7.33. The van der Waals surface area contributed by atoms with Crippen molar-refractivity contribution in [3.63, 3.8) is 0 Å². The molecule has 59 heavy (non-hydrogen) atoms. The van der Waals surface area contributed by atoms with Crippen LogP contribution in [0.15, 0.2) is 188 Å². The van der Waals surface area contributed by atoms with Crippen molar-refractivity contribution >= 4 is 98.1 Å². The third-order valence-corrected chi connectivity index (χ3v) is 12.7. The highest BCUT2D eigenvalue weighted by Gasteiger charge is 2.25. The van der Waals surface area contributed by atoms with Crippen molar-refractivity contribution in [1.29, 1.82) is 0 Å². The van der Waals surface area contributed by atoms with Gasteiger partial charge in [0.05, 0.1) is 55.3 Å². The summed E-state index contributed by atoms with van der Waals surface area (Å²) in [6, 6.07) is 67.9. The third-order valence-electron chi connectivity index (χ3n) is 12.7. The van der Waals surface area contributed by atoms with Gasteiger partial charge in [0.15, 0.2) is 5.82 Å². The summed E-state index contributed by atoms with van der Waals surface area (Å²) in [5.41, 5.74) is 14.7. The molecule has 272 valence electrons. The van der Waals surface area contributed by atoms with Gasteiger partial charge in [-0.2, -0.15) is 0 Å². The van der Waals surface area contributed by atoms with Gasteiger partial charge >= 0.3 is 0 Å². The maximum Gasteiger partial charge on any atom is 0.160 e. The molecular formula is C54H31N5. The van der Waals surface area contributed by atoms with Gasteiger partial charge in [0.1, 0.15) is 0 Å². The van der Waals surface area contributed by atoms with Gasteiger partial charge in [-0.3, -0.25) is 0 Å². The number of aromatic nitrogens is 5. The molecule has 9 aromatic carbocycles. The second-order valence-corrected chi connectivity index (χ2v) is 15.7. The van der Waals surface area contributed by atoms with E-state index in [2.05, 4.69) is 201 Å². The Morgan fingerprint density at radius 2 is 0.847 bits per heavy atom. The molecule has 0 aliphatic rings. The van der Waals surface area contributed by atoms with Crippen LogP contribution in [0.4, 0.5) is 0 Å². The minimum Gasteiger partial charge on any atom is -0.309 e. The van der Waals surface area contributed by atoms with Crippen LogP contribution in [0.3, 0.4) is 0 Å². The van der Waals surface area contributed by atoms with Crippen LogP contribution in [0.2, 0.25) is 0 Å². The first-order valence-corrected chi connectivity index (χ1v) is 20.2. The van der Waals surface area contributed by atoms with Crippen LogP contribution < -0.4 is 0 Å². The molecule has 14 aromatic rings. The first kappa shape index (κ1) is 31.1. The van der Waals surface area contributed by atoms with Crippen molar-refractivity contribution < 1.29 is 0 Å². The van der Waals surface area contributed by atoms with Crippen molar-refractivity contribution in [1.82, 2.24) is 23.3 Å². The van der Waals surface area contributed by atoms with Gasteiger partial charge < -0.3 is 13.4 Å². The van der Waals surface area contributed by atoms with Gasteiger partial charge in [-0.1, -0.05) is 121 Å². The summed E-state index contributed by atoms with van der Waals surface area (Å²) in [6.07, 6.45) is 0. The molecule has 0 atom stereocenters. The highest BCUT2D eigenvalue weighted by Crippen LogP contribution is 2.47. The summed E-state index contributed by atoms with van der Waals surface area (Å²) >= 11 is 0. The first-order chi connectivity index (χ1) is 29.3. The Balaban J connectivity index is 1.07. The van der Waals surface area contributed by atoms with E-state index in [0.717, 1.165) is 33.4 Å². The van der Waals surface area contributed by atoms with Crippen LogP contribution in [0.25, 0.3) is 126 Å². The van der Waals surface area contributed by atoms with E-state index >= 15 is 0 Å². The zero-order valence-electron chi connectivity index (χ0n) is 31.6. The highest BCUT2D eigenvalue weighted by atomic mass is 15.0. The van der Waals surface area contributed by atoms with E-state index < -0.39 is 0 Å². The van der Waals surface area contributed by atoms with Gasteiger partial charge in [-0.25, -0.2) is 9.97 Å². The van der Waals surface area contributed by atoms with Gasteiger partial charge in [0, 0.05) is 54.5 Å². The monoisotopic (exact) mass is 749 g/mol. The van der Waals surface area contributed by atoms with E-state index in [1.54, 1.807) is 0 Å². The van der Waals surface area contributed by atoms with E-state index in [0.29, 0.717) is 5.82 Å². The standard InChI is InChI=1S/C54H31N5/c1-2-14-34(15-3-1)57-43-21-9-5-16-35(43)40-30-32(27-29-46(40)57)51-37-17-4-8-20-42(37)55-54(56-51)33-26-28-36-41(31-33)50-39-19-7-11-23-45(39)59-48-25-13-12-24-47(48)58-44-22-10-6-18-38(44)49(36)52(58)53(50)59/h1-31H. The fourth-order valence-corrected chi connectivity index (χ4v) is 10.3. The Morgan fingerprint density at radius 3 is 1.56 bits per heavy atom. The normalized spacial score (nSPS) is 12.4. The molecule has 0 fully saturated rings. The van der Waals surface area contributed by atoms with Crippen LogP contribution in [-0.4, -0.2) is 23.3 Å². The predicted molar refractivity (Wildman–Crippen MR) is 245 cm³/mol. The van der Waals surface area contributed by atoms with E-state index in [1.807, 2.05) is 0 Å². The molecule has 0 amide bonds. The Bertz CT molecular complexity index is 4070. The molecule has 0 aliphatic heterocycles. The summed E-state index contributed by atoms with van der Waals surface area (Å²) in [5, 5.41) is 10.9. The summed E-state index contributed by atoms with van der Waals surface area (Å²) in [7, 11) is 0. The lowest BCUT2D eigenvalue weighted by Gasteiger charge is -2.14. The molecule has 0 spiro atoms. The fraction of sp³-hybridized carbons (Fsp3) is 0. The van der Waals surface area contributed by atoms with Gasteiger partial charge in [-0.05, 0) is 77.5 Å². The lowest BCUT2D eigenvalue weighted by molar-refractivity contribution is 1.18. The summed E-state index contributed by atoms with van der Waals surface area (Å²) in [6.45, 7) is 0. The minimum absolute atomic E-state index is 0.712. The number of hydrogen-bond donors (Lipinski definition) is 0. The van der Waals surface area contributed by atoms with Gasteiger partial charge in [-0.15, -0.1) is 0 Å². The first-order valence-electron chi connectivity index (χ1n) is 20.2. The molecule has 0 unspecified atom stereocenters. The van der Waals surface area contributed by atoms with E-state index in [1.165, 1.54) is 87.2 Å². The molecular weight excluding hydrogens is 719 g/mol. The average Bonchev–Trinajstić information content (AvgIpc) is 3.95. The second-order valence-electron chi connectivity index (χ2n) is 15.7. The third kappa shape index (κ3) is 4.03. The van der Waals surface area contributed by atoms with Crippen molar-refractivity contribution in [2.45, 2.75) is 0 Å². The van der Waals surface area contributed by atoms with Crippen LogP contribution in [0.5, 0.6) is 0 Å². The Kier molecular flexibility index (Phi) is 5.96. The number of fused-ring (bicyclic) bond motifs is 16. The highest BCUT2D eigenvalue weighted by molar-refractivity contribution is 6.37. The number of nitrogens with zero attached hydrogens (tertiary/aromatic N) is 5. The Hall–Kier alpha value is -8.02. The number of rotatable bonds is 3. The van der Waals surface area contributed by atoms with Crippen LogP contribution in [-0.2, 0) is 0 Å². The van der Waals surface area contributed by atoms with Crippen molar-refractivity contribution in [2.24, 2.45) is 0 Å². The average molecular weight is 750 g/mol. The quantitative estimate of drug-likeness (QED) is 0.169. The summed E-state index contributed by atoms with van der Waals surface area (Å²) in [4.78, 5) is 10.8. The van der Waals surface area contributed by atoms with E-state index in [-0.39, 0.29) is 0 Å². The summed E-state index contributed by atoms with van der Waals surface area (Å²) in [5.74, 6) is 0.712. The molecule has 5 heterocycles. The van der Waals surface area contributed by atoms with E-state index in [9.17, 15) is 0 Å². The number of hydrogen-bond acceptors (Lipinski definition) is 2. The zero-order valence-corrected chi connectivity index (χ0v) is 31.6. The molecule has 0 saturated heterocycles.